The van der Waals surface area contributed by atoms with Crippen LogP contribution >= 0.6 is 0 Å². The molecular formula is C15H23N7. The van der Waals surface area contributed by atoms with E-state index in [1.54, 1.807) is 17.2 Å². The molecule has 1 aliphatic rings. The third-order valence-corrected chi connectivity index (χ3v) is 4.39. The van der Waals surface area contributed by atoms with Crippen molar-refractivity contribution >= 4 is 11.5 Å². The predicted molar refractivity (Wildman–Crippen MR) is 87.1 cm³/mol. The summed E-state index contributed by atoms with van der Waals surface area (Å²) in [5.74, 6) is 1.45. The van der Waals surface area contributed by atoms with Crippen molar-refractivity contribution in [1.82, 2.24) is 24.6 Å². The van der Waals surface area contributed by atoms with E-state index in [0.717, 1.165) is 32.0 Å². The van der Waals surface area contributed by atoms with E-state index < -0.39 is 0 Å². The molecule has 2 aromatic rings. The Balaban J connectivity index is 1.78. The fourth-order valence-electron chi connectivity index (χ4n) is 2.84. The first-order chi connectivity index (χ1) is 10.7. The maximum atomic E-state index is 6.28. The van der Waals surface area contributed by atoms with Crippen molar-refractivity contribution in [3.63, 3.8) is 0 Å². The summed E-state index contributed by atoms with van der Waals surface area (Å²) in [6, 6.07) is 2.48. The summed E-state index contributed by atoms with van der Waals surface area (Å²) in [4.78, 5) is 13.4. The zero-order valence-corrected chi connectivity index (χ0v) is 13.2. The minimum atomic E-state index is 0.586. The van der Waals surface area contributed by atoms with Crippen molar-refractivity contribution in [1.29, 1.82) is 0 Å². The van der Waals surface area contributed by atoms with Crippen LogP contribution in [0.4, 0.5) is 11.5 Å². The Morgan fingerprint density at radius 2 is 1.91 bits per heavy atom. The van der Waals surface area contributed by atoms with Crippen molar-refractivity contribution in [3.8, 4) is 5.82 Å². The second kappa shape index (κ2) is 6.31. The lowest BCUT2D eigenvalue weighted by atomic mass is 10.2. The number of hydrogen-bond acceptors (Lipinski definition) is 6. The standard InChI is InChI=1S/C15H23N7/c1-3-12(2)20-7-9-21(10-8-20)14-13(16)15(18-11-17-14)22-6-4-5-19-22/h4-6,11-12H,3,7-10,16H2,1-2H3. The van der Waals surface area contributed by atoms with Crippen molar-refractivity contribution in [3.05, 3.63) is 24.8 Å². The number of rotatable bonds is 4. The van der Waals surface area contributed by atoms with E-state index >= 15 is 0 Å². The monoisotopic (exact) mass is 301 g/mol. The minimum Gasteiger partial charge on any atom is -0.393 e. The van der Waals surface area contributed by atoms with Crippen molar-refractivity contribution in [2.75, 3.05) is 36.8 Å². The number of hydrogen-bond donors (Lipinski definition) is 1. The fraction of sp³-hybridized carbons (Fsp3) is 0.533. The van der Waals surface area contributed by atoms with Gasteiger partial charge in [-0.2, -0.15) is 5.10 Å². The Morgan fingerprint density at radius 3 is 2.55 bits per heavy atom. The summed E-state index contributed by atoms with van der Waals surface area (Å²) in [6.45, 7) is 8.46. The summed E-state index contributed by atoms with van der Waals surface area (Å²) >= 11 is 0. The van der Waals surface area contributed by atoms with Gasteiger partial charge in [0.05, 0.1) is 0 Å². The highest BCUT2D eigenvalue weighted by Gasteiger charge is 2.23. The highest BCUT2D eigenvalue weighted by molar-refractivity contribution is 5.70. The molecule has 1 fully saturated rings. The average molecular weight is 301 g/mol. The van der Waals surface area contributed by atoms with Crippen molar-refractivity contribution < 1.29 is 0 Å². The first-order valence-corrected chi connectivity index (χ1v) is 7.80. The second-order valence-electron chi connectivity index (χ2n) is 5.67. The first-order valence-electron chi connectivity index (χ1n) is 7.80. The van der Waals surface area contributed by atoms with E-state index in [9.17, 15) is 0 Å². The van der Waals surface area contributed by atoms with Gasteiger partial charge in [-0.25, -0.2) is 14.6 Å². The van der Waals surface area contributed by atoms with E-state index in [1.807, 2.05) is 12.3 Å². The lowest BCUT2D eigenvalue weighted by molar-refractivity contribution is 0.192. The topological polar surface area (TPSA) is 76.1 Å². The lowest BCUT2D eigenvalue weighted by Crippen LogP contribution is -2.49. The first kappa shape index (κ1) is 14.8. The zero-order chi connectivity index (χ0) is 15.5. The fourth-order valence-corrected chi connectivity index (χ4v) is 2.84. The Morgan fingerprint density at radius 1 is 1.18 bits per heavy atom. The van der Waals surface area contributed by atoms with Crippen LogP contribution in [-0.2, 0) is 0 Å². The molecule has 3 rings (SSSR count). The average Bonchev–Trinajstić information content (AvgIpc) is 3.09. The second-order valence-corrected chi connectivity index (χ2v) is 5.67. The molecule has 118 valence electrons. The van der Waals surface area contributed by atoms with Gasteiger partial charge < -0.3 is 10.6 Å². The molecule has 7 heteroatoms. The normalized spacial score (nSPS) is 17.6. The lowest BCUT2D eigenvalue weighted by Gasteiger charge is -2.38. The summed E-state index contributed by atoms with van der Waals surface area (Å²) in [7, 11) is 0. The van der Waals surface area contributed by atoms with Gasteiger partial charge in [0.15, 0.2) is 11.6 Å². The van der Waals surface area contributed by atoms with E-state index in [2.05, 4.69) is 38.7 Å². The molecule has 0 radical (unpaired) electrons. The van der Waals surface area contributed by atoms with Crippen LogP contribution in [-0.4, -0.2) is 56.9 Å². The molecule has 22 heavy (non-hydrogen) atoms. The minimum absolute atomic E-state index is 0.586. The molecule has 0 bridgehead atoms. The van der Waals surface area contributed by atoms with Gasteiger partial charge in [0.25, 0.3) is 0 Å². The number of nitrogens with two attached hydrogens (primary N) is 1. The molecule has 0 aliphatic carbocycles. The molecule has 3 heterocycles. The van der Waals surface area contributed by atoms with Gasteiger partial charge >= 0.3 is 0 Å². The maximum absolute atomic E-state index is 6.28. The molecule has 2 aromatic heterocycles. The van der Waals surface area contributed by atoms with E-state index in [-0.39, 0.29) is 0 Å². The summed E-state index contributed by atoms with van der Waals surface area (Å²) in [5.41, 5.74) is 6.87. The van der Waals surface area contributed by atoms with Crippen LogP contribution < -0.4 is 10.6 Å². The van der Waals surface area contributed by atoms with Crippen LogP contribution in [0.2, 0.25) is 0 Å². The van der Waals surface area contributed by atoms with Gasteiger partial charge in [0.1, 0.15) is 12.0 Å². The SMILES string of the molecule is CCC(C)N1CCN(c2ncnc(-n3cccn3)c2N)CC1. The Bertz CT molecular complexity index is 602. The van der Waals surface area contributed by atoms with E-state index in [4.69, 9.17) is 5.73 Å². The van der Waals surface area contributed by atoms with E-state index in [0.29, 0.717) is 17.5 Å². The summed E-state index contributed by atoms with van der Waals surface area (Å²) in [5, 5.41) is 4.20. The summed E-state index contributed by atoms with van der Waals surface area (Å²) in [6.07, 6.45) is 6.29. The van der Waals surface area contributed by atoms with Gasteiger partial charge in [-0.15, -0.1) is 0 Å². The number of aromatic nitrogens is 4. The Hall–Kier alpha value is -2.15. The van der Waals surface area contributed by atoms with E-state index in [1.165, 1.54) is 6.42 Å². The van der Waals surface area contributed by atoms with Gasteiger partial charge in [-0.1, -0.05) is 6.92 Å². The van der Waals surface area contributed by atoms with Gasteiger partial charge in [0, 0.05) is 44.6 Å². The summed E-state index contributed by atoms with van der Waals surface area (Å²) < 4.78 is 1.68. The quantitative estimate of drug-likeness (QED) is 0.913. The van der Waals surface area contributed by atoms with Gasteiger partial charge in [-0.05, 0) is 19.4 Å². The molecule has 0 spiro atoms. The van der Waals surface area contributed by atoms with Crippen molar-refractivity contribution in [2.45, 2.75) is 26.3 Å². The highest BCUT2D eigenvalue weighted by Crippen LogP contribution is 2.25. The molecule has 0 saturated carbocycles. The van der Waals surface area contributed by atoms with Crippen LogP contribution in [0.15, 0.2) is 24.8 Å². The molecule has 1 atom stereocenters. The Labute approximate surface area is 130 Å². The predicted octanol–water partition coefficient (Wildman–Crippen LogP) is 1.17. The zero-order valence-electron chi connectivity index (χ0n) is 13.2. The van der Waals surface area contributed by atoms with Crippen LogP contribution in [0.3, 0.4) is 0 Å². The molecule has 1 aliphatic heterocycles. The largest absolute Gasteiger partial charge is 0.393 e. The molecule has 7 nitrogen and oxygen atoms in total. The number of nitrogens with zero attached hydrogens (tertiary/aromatic N) is 6. The number of anilines is 2. The Kier molecular flexibility index (Phi) is 4.24. The maximum Gasteiger partial charge on any atom is 0.181 e. The van der Waals surface area contributed by atoms with Gasteiger partial charge in [0.2, 0.25) is 0 Å². The third kappa shape index (κ3) is 2.76. The van der Waals surface area contributed by atoms with Crippen LogP contribution in [0.1, 0.15) is 20.3 Å². The van der Waals surface area contributed by atoms with Crippen LogP contribution in [0.5, 0.6) is 0 Å². The molecule has 1 unspecified atom stereocenters. The van der Waals surface area contributed by atoms with Gasteiger partial charge in [-0.3, -0.25) is 4.90 Å². The molecule has 0 aromatic carbocycles. The molecule has 2 N–H and O–H groups in total. The number of piperazine rings is 1. The molecule has 0 amide bonds. The number of nitrogen functional groups attached to an aromatic ring is 1. The molecular weight excluding hydrogens is 278 g/mol. The van der Waals surface area contributed by atoms with Crippen LogP contribution in [0.25, 0.3) is 5.82 Å². The molecule has 1 saturated heterocycles. The van der Waals surface area contributed by atoms with Crippen LogP contribution in [0, 0.1) is 0 Å². The smallest absolute Gasteiger partial charge is 0.181 e. The van der Waals surface area contributed by atoms with Crippen molar-refractivity contribution in [2.24, 2.45) is 0 Å². The highest BCUT2D eigenvalue weighted by atomic mass is 15.3. The third-order valence-electron chi connectivity index (χ3n) is 4.39.